The number of hydrogen-bond donors (Lipinski definition) is 3. The van der Waals surface area contributed by atoms with Gasteiger partial charge < -0.3 is 10.2 Å². The second-order valence-corrected chi connectivity index (χ2v) is 12.6. The first-order valence-electron chi connectivity index (χ1n) is 12.8. The van der Waals surface area contributed by atoms with Crippen LogP contribution >= 0.6 is 47.0 Å². The van der Waals surface area contributed by atoms with Crippen LogP contribution in [0.2, 0.25) is 0 Å². The normalized spacial score (nSPS) is 14.8. The van der Waals surface area contributed by atoms with Crippen LogP contribution in [0.4, 0.5) is 114 Å². The number of carbonyl (C=O) groups is 2. The molecular weight excluding hydrogens is 1010 g/mol. The molecule has 0 aromatic rings. The summed E-state index contributed by atoms with van der Waals surface area (Å²) in [4.78, 5) is 19.7. The summed E-state index contributed by atoms with van der Waals surface area (Å²) < 4.78 is 327. The molecule has 0 aliphatic heterocycles. The molecule has 0 saturated heterocycles. The van der Waals surface area contributed by atoms with E-state index >= 15 is 0 Å². The zero-order valence-corrected chi connectivity index (χ0v) is 29.3. The Morgan fingerprint density at radius 1 is 0.436 bits per heavy atom. The number of aliphatic carboxylic acids is 2. The van der Waals surface area contributed by atoms with E-state index < -0.39 is 119 Å². The summed E-state index contributed by atoms with van der Waals surface area (Å²) in [5.74, 6) is -76.5. The Morgan fingerprint density at radius 3 is 0.927 bits per heavy atom. The van der Waals surface area contributed by atoms with E-state index in [4.69, 9.17) is 10.2 Å². The molecule has 33 heteroatoms. The third kappa shape index (κ3) is 12.3. The first-order chi connectivity index (χ1) is 23.7. The van der Waals surface area contributed by atoms with E-state index in [9.17, 15) is 124 Å². The maximum atomic E-state index is 13.3. The largest absolute Gasteiger partial charge is 0.481 e. The lowest BCUT2D eigenvalue weighted by atomic mass is 9.93. The lowest BCUT2D eigenvalue weighted by Gasteiger charge is -2.39. The van der Waals surface area contributed by atoms with E-state index in [0.717, 1.165) is 22.6 Å². The first-order valence-corrected chi connectivity index (χ1v) is 16.2. The maximum Gasteiger partial charge on any atom is 0.460 e. The summed E-state index contributed by atoms with van der Waals surface area (Å²) >= 11 is 4.83. The van der Waals surface area contributed by atoms with E-state index in [-0.39, 0.29) is 18.2 Å². The van der Waals surface area contributed by atoms with Gasteiger partial charge in [0.15, 0.2) is 0 Å². The number of thiol groups is 1. The molecule has 0 radical (unpaired) electrons. The number of hydrogen-bond acceptors (Lipinski definition) is 4. The summed E-state index contributed by atoms with van der Waals surface area (Å²) in [5.41, 5.74) is 0. The molecule has 0 aromatic carbocycles. The van der Waals surface area contributed by atoms with Crippen LogP contribution in [0.15, 0.2) is 0 Å². The second kappa shape index (κ2) is 19.1. The van der Waals surface area contributed by atoms with Crippen LogP contribution in [-0.2, 0) is 9.59 Å². The molecule has 332 valence electrons. The van der Waals surface area contributed by atoms with Gasteiger partial charge in [-0.2, -0.15) is 139 Å². The number of rotatable bonds is 18. The number of carboxylic acid groups (broad SMARTS) is 2. The van der Waals surface area contributed by atoms with Crippen molar-refractivity contribution < 1.29 is 134 Å². The topological polar surface area (TPSA) is 74.6 Å². The number of carboxylic acids is 2. The molecule has 0 fully saturated rings. The molecule has 4 nitrogen and oxygen atoms in total. The minimum Gasteiger partial charge on any atom is -0.481 e. The standard InChI is InChI=1S/C11H9F13O2S.C8H4F13I.C3H6O2S/c12-6(13,2-4-27-3-1-5(25)26)7(14,15)8(16,17)9(18,19)10(20,21)11(22,23)24;9-3(10,1-2-22)4(11,12)5(13,14)6(15,16)7(17,18)8(19,20)21;4-3(5)1-2-6/h1-4H2,(H,25,26);1-2H2;6H,1-2H2,(H,4,5). The van der Waals surface area contributed by atoms with Crippen molar-refractivity contribution in [1.82, 2.24) is 0 Å². The average molecular weight is 1030 g/mol. The highest BCUT2D eigenvalue weighted by Gasteiger charge is 2.91. The van der Waals surface area contributed by atoms with Crippen molar-refractivity contribution in [2.24, 2.45) is 0 Å². The Labute approximate surface area is 311 Å². The van der Waals surface area contributed by atoms with Crippen molar-refractivity contribution in [2.75, 3.05) is 21.7 Å². The van der Waals surface area contributed by atoms with Gasteiger partial charge in [0.1, 0.15) is 0 Å². The summed E-state index contributed by atoms with van der Waals surface area (Å²) in [7, 11) is 0. The highest BCUT2D eigenvalue weighted by atomic mass is 127. The van der Waals surface area contributed by atoms with Gasteiger partial charge in [-0.3, -0.25) is 9.59 Å². The van der Waals surface area contributed by atoms with Crippen LogP contribution in [0.5, 0.6) is 0 Å². The Balaban J connectivity index is -0.000000867. The van der Waals surface area contributed by atoms with E-state index in [1.54, 1.807) is 0 Å². The van der Waals surface area contributed by atoms with Crippen LogP contribution < -0.4 is 0 Å². The molecule has 0 atom stereocenters. The molecule has 0 bridgehead atoms. The van der Waals surface area contributed by atoms with E-state index in [0.29, 0.717) is 5.75 Å². The van der Waals surface area contributed by atoms with Gasteiger partial charge in [-0.25, -0.2) is 0 Å². The number of alkyl halides is 27. The fourth-order valence-corrected chi connectivity index (χ4v) is 4.39. The maximum absolute atomic E-state index is 13.3. The Hall–Kier alpha value is -1.45. The molecule has 2 N–H and O–H groups in total. The van der Waals surface area contributed by atoms with Crippen molar-refractivity contribution >= 4 is 58.9 Å². The minimum atomic E-state index is -7.90. The minimum absolute atomic E-state index is 0.156. The van der Waals surface area contributed by atoms with Crippen molar-refractivity contribution in [3.63, 3.8) is 0 Å². The third-order valence-corrected chi connectivity index (χ3v) is 7.50. The van der Waals surface area contributed by atoms with Crippen LogP contribution in [0.25, 0.3) is 0 Å². The summed E-state index contributed by atoms with van der Waals surface area (Å²) in [6.07, 6.45) is -19.8. The van der Waals surface area contributed by atoms with Gasteiger partial charge in [-0.15, -0.1) is 0 Å². The van der Waals surface area contributed by atoms with Crippen LogP contribution in [0, 0.1) is 0 Å². The quantitative estimate of drug-likeness (QED) is 0.0419. The molecule has 0 aliphatic rings. The van der Waals surface area contributed by atoms with Crippen molar-refractivity contribution in [3.05, 3.63) is 0 Å². The average Bonchev–Trinajstić information content (AvgIpc) is 2.95. The number of halogens is 27. The molecular formula is C22H19F26IO4S2. The smallest absolute Gasteiger partial charge is 0.460 e. The summed E-state index contributed by atoms with van der Waals surface area (Å²) in [6, 6.07) is 0. The zero-order chi connectivity index (χ0) is 45.5. The predicted molar refractivity (Wildman–Crippen MR) is 145 cm³/mol. The second-order valence-electron chi connectivity index (χ2n) is 9.81. The molecule has 0 aliphatic carbocycles. The molecule has 0 aromatic heterocycles. The van der Waals surface area contributed by atoms with Gasteiger partial charge in [0.05, 0.1) is 12.8 Å². The van der Waals surface area contributed by atoms with Gasteiger partial charge >= 0.3 is 83.5 Å². The lowest BCUT2D eigenvalue weighted by Crippen LogP contribution is -2.70. The molecule has 55 heavy (non-hydrogen) atoms. The molecule has 0 rings (SSSR count). The monoisotopic (exact) mass is 1030 g/mol. The molecule has 0 spiro atoms. The van der Waals surface area contributed by atoms with Gasteiger partial charge in [0.2, 0.25) is 0 Å². The van der Waals surface area contributed by atoms with Crippen LogP contribution in [0.1, 0.15) is 25.7 Å². The zero-order valence-electron chi connectivity index (χ0n) is 25.4. The van der Waals surface area contributed by atoms with E-state index in [1.165, 1.54) is 0 Å². The lowest BCUT2D eigenvalue weighted by molar-refractivity contribution is -0.439. The van der Waals surface area contributed by atoms with Crippen molar-refractivity contribution in [3.8, 4) is 0 Å². The molecule has 0 amide bonds. The Morgan fingerprint density at radius 2 is 0.709 bits per heavy atom. The third-order valence-electron chi connectivity index (χ3n) is 5.75. The van der Waals surface area contributed by atoms with Crippen molar-refractivity contribution in [1.29, 1.82) is 0 Å². The molecule has 0 unspecified atom stereocenters. The fourth-order valence-electron chi connectivity index (χ4n) is 2.59. The van der Waals surface area contributed by atoms with Gasteiger partial charge in [0, 0.05) is 28.8 Å². The van der Waals surface area contributed by atoms with Gasteiger partial charge in [-0.05, 0) is 5.75 Å². The van der Waals surface area contributed by atoms with E-state index in [2.05, 4.69) is 12.6 Å². The predicted octanol–water partition coefficient (Wildman–Crippen LogP) is 11.3. The molecule has 0 saturated carbocycles. The summed E-state index contributed by atoms with van der Waals surface area (Å²) in [5, 5.41) is 16.1. The van der Waals surface area contributed by atoms with Gasteiger partial charge in [0.25, 0.3) is 0 Å². The Bertz CT molecular complexity index is 1240. The van der Waals surface area contributed by atoms with E-state index in [1.807, 2.05) is 0 Å². The summed E-state index contributed by atoms with van der Waals surface area (Å²) in [6.45, 7) is 0. The van der Waals surface area contributed by atoms with Crippen molar-refractivity contribution in [2.45, 2.75) is 97.3 Å². The number of thioether (sulfide) groups is 1. The molecule has 0 heterocycles. The van der Waals surface area contributed by atoms with Gasteiger partial charge in [-0.1, -0.05) is 22.6 Å². The Kier molecular flexibility index (Phi) is 20.1. The SMILES string of the molecule is FC(F)(F)C(F)(F)C(F)(F)C(F)(F)C(F)(F)C(F)(F)CCI.O=C(O)CCS.O=C(O)CCSCCC(F)(F)C(F)(F)C(F)(F)C(F)(F)C(F)(F)C(F)(F)F. The van der Waals surface area contributed by atoms with Crippen LogP contribution in [0.3, 0.4) is 0 Å². The highest BCUT2D eigenvalue weighted by Crippen LogP contribution is 2.62. The van der Waals surface area contributed by atoms with Crippen LogP contribution in [-0.4, -0.2) is 115 Å². The highest BCUT2D eigenvalue weighted by molar-refractivity contribution is 14.1. The first kappa shape index (κ1) is 57.9. The fraction of sp³-hybridized carbons (Fsp3) is 0.909.